The van der Waals surface area contributed by atoms with E-state index in [2.05, 4.69) is 34.7 Å². The van der Waals surface area contributed by atoms with Crippen molar-refractivity contribution in [1.82, 2.24) is 9.78 Å². The lowest BCUT2D eigenvalue weighted by molar-refractivity contribution is -0.120. The maximum absolute atomic E-state index is 12.4. The lowest BCUT2D eigenvalue weighted by Crippen LogP contribution is -2.25. The fraction of sp³-hybridized carbons (Fsp3) is 0.333. The second-order valence-corrected chi connectivity index (χ2v) is 5.78. The molecule has 0 saturated heterocycles. The van der Waals surface area contributed by atoms with Crippen LogP contribution in [-0.4, -0.2) is 15.7 Å². The fourth-order valence-electron chi connectivity index (χ4n) is 2.78. The van der Waals surface area contributed by atoms with Crippen molar-refractivity contribution in [2.45, 2.75) is 32.7 Å². The second kappa shape index (κ2) is 6.60. The number of aryl methyl sites for hydroxylation is 1. The van der Waals surface area contributed by atoms with Gasteiger partial charge in [0.25, 0.3) is 0 Å². The minimum atomic E-state index is 0.0744. The van der Waals surface area contributed by atoms with E-state index in [0.717, 1.165) is 30.8 Å². The molecule has 1 heterocycles. The molecule has 0 unspecified atom stereocenters. The molecule has 1 aromatic heterocycles. The summed E-state index contributed by atoms with van der Waals surface area (Å²) in [4.78, 5) is 12.4. The van der Waals surface area contributed by atoms with Gasteiger partial charge >= 0.3 is 0 Å². The summed E-state index contributed by atoms with van der Waals surface area (Å²) in [6.45, 7) is 2.61. The first kappa shape index (κ1) is 14.6. The molecule has 1 aliphatic rings. The summed E-state index contributed by atoms with van der Waals surface area (Å²) in [6.07, 6.45) is 6.99. The monoisotopic (exact) mass is 295 g/mol. The summed E-state index contributed by atoms with van der Waals surface area (Å²) < 4.78 is 1.86. The topological polar surface area (TPSA) is 46.9 Å². The van der Waals surface area contributed by atoms with Crippen molar-refractivity contribution in [2.24, 2.45) is 5.92 Å². The maximum Gasteiger partial charge on any atom is 0.228 e. The summed E-state index contributed by atoms with van der Waals surface area (Å²) in [5, 5.41) is 7.54. The lowest BCUT2D eigenvalue weighted by atomic mass is 9.94. The van der Waals surface area contributed by atoms with Crippen LogP contribution in [0.3, 0.4) is 0 Å². The van der Waals surface area contributed by atoms with Gasteiger partial charge in [-0.15, -0.1) is 0 Å². The third-order valence-corrected chi connectivity index (χ3v) is 3.97. The van der Waals surface area contributed by atoms with Crippen LogP contribution in [0.5, 0.6) is 0 Å². The molecular formula is C18H21N3O. The molecule has 1 aromatic carbocycles. The van der Waals surface area contributed by atoms with Gasteiger partial charge in [0.2, 0.25) is 5.91 Å². The minimum absolute atomic E-state index is 0.0744. The summed E-state index contributed by atoms with van der Waals surface area (Å²) in [6, 6.07) is 12.1. The van der Waals surface area contributed by atoms with Crippen LogP contribution < -0.4 is 5.32 Å². The summed E-state index contributed by atoms with van der Waals surface area (Å²) in [5.41, 5.74) is 2.08. The summed E-state index contributed by atoms with van der Waals surface area (Å²) in [7, 11) is 0. The number of aromatic nitrogens is 2. The molecular weight excluding hydrogens is 274 g/mol. The molecule has 3 rings (SSSR count). The Balaban J connectivity index is 1.73. The third kappa shape index (κ3) is 3.45. The van der Waals surface area contributed by atoms with E-state index in [1.165, 1.54) is 5.56 Å². The van der Waals surface area contributed by atoms with Crippen molar-refractivity contribution in [2.75, 3.05) is 5.32 Å². The van der Waals surface area contributed by atoms with Gasteiger partial charge in [-0.05, 0) is 31.7 Å². The SMILES string of the molecule is Cc1cc(NC(=O)[C@@H]2CC=CCC2)n(Cc2ccccc2)n1. The Morgan fingerprint density at radius 2 is 2.14 bits per heavy atom. The first-order valence-electron chi connectivity index (χ1n) is 7.76. The average Bonchev–Trinajstić information content (AvgIpc) is 2.88. The normalized spacial score (nSPS) is 17.4. The molecule has 1 atom stereocenters. The van der Waals surface area contributed by atoms with Gasteiger partial charge in [-0.3, -0.25) is 4.79 Å². The van der Waals surface area contributed by atoms with Crippen LogP contribution in [0.4, 0.5) is 5.82 Å². The molecule has 22 heavy (non-hydrogen) atoms. The van der Waals surface area contributed by atoms with Crippen molar-refractivity contribution in [3.8, 4) is 0 Å². The molecule has 1 aliphatic carbocycles. The zero-order valence-corrected chi connectivity index (χ0v) is 12.8. The summed E-state index contributed by atoms with van der Waals surface area (Å²) in [5.74, 6) is 0.949. The van der Waals surface area contributed by atoms with Crippen molar-refractivity contribution >= 4 is 11.7 Å². The zero-order chi connectivity index (χ0) is 15.4. The van der Waals surface area contributed by atoms with Crippen LogP contribution >= 0.6 is 0 Å². The largest absolute Gasteiger partial charge is 0.311 e. The highest BCUT2D eigenvalue weighted by Crippen LogP contribution is 2.21. The number of allylic oxidation sites excluding steroid dienone is 2. The van der Waals surface area contributed by atoms with Crippen LogP contribution in [0.15, 0.2) is 48.6 Å². The number of hydrogen-bond donors (Lipinski definition) is 1. The molecule has 1 amide bonds. The highest BCUT2D eigenvalue weighted by molar-refractivity contribution is 5.92. The highest BCUT2D eigenvalue weighted by atomic mass is 16.2. The first-order valence-corrected chi connectivity index (χ1v) is 7.76. The Kier molecular flexibility index (Phi) is 4.37. The van der Waals surface area contributed by atoms with Gasteiger partial charge in [0.1, 0.15) is 5.82 Å². The van der Waals surface area contributed by atoms with Crippen molar-refractivity contribution in [3.05, 3.63) is 59.8 Å². The van der Waals surface area contributed by atoms with Gasteiger partial charge in [0, 0.05) is 12.0 Å². The highest BCUT2D eigenvalue weighted by Gasteiger charge is 2.20. The van der Waals surface area contributed by atoms with E-state index in [1.807, 2.05) is 35.9 Å². The van der Waals surface area contributed by atoms with E-state index in [0.29, 0.717) is 6.54 Å². The standard InChI is InChI=1S/C18H21N3O/c1-14-12-17(19-18(22)16-10-6-3-7-11-16)21(20-14)13-15-8-4-2-5-9-15/h2-6,8-9,12,16H,7,10-11,13H2,1H3,(H,19,22)/t16-/m1/s1. The van der Waals surface area contributed by atoms with Gasteiger partial charge in [-0.2, -0.15) is 5.10 Å². The van der Waals surface area contributed by atoms with Crippen LogP contribution in [-0.2, 0) is 11.3 Å². The Bertz CT molecular complexity index is 673. The Morgan fingerprint density at radius 3 is 2.86 bits per heavy atom. The zero-order valence-electron chi connectivity index (χ0n) is 12.8. The Hall–Kier alpha value is -2.36. The molecule has 2 aromatic rings. The number of carbonyl (C=O) groups is 1. The molecule has 1 N–H and O–H groups in total. The summed E-state index contributed by atoms with van der Waals surface area (Å²) >= 11 is 0. The van der Waals surface area contributed by atoms with Gasteiger partial charge in [-0.25, -0.2) is 4.68 Å². The molecule has 0 spiro atoms. The van der Waals surface area contributed by atoms with Crippen LogP contribution in [0.2, 0.25) is 0 Å². The fourth-order valence-corrected chi connectivity index (χ4v) is 2.78. The van der Waals surface area contributed by atoms with Gasteiger partial charge in [-0.1, -0.05) is 42.5 Å². The molecule has 0 aliphatic heterocycles. The number of amides is 1. The van der Waals surface area contributed by atoms with Gasteiger partial charge in [0.15, 0.2) is 0 Å². The third-order valence-electron chi connectivity index (χ3n) is 3.97. The van der Waals surface area contributed by atoms with Crippen molar-refractivity contribution < 1.29 is 4.79 Å². The van der Waals surface area contributed by atoms with Crippen LogP contribution in [0.1, 0.15) is 30.5 Å². The molecule has 0 bridgehead atoms. The van der Waals surface area contributed by atoms with E-state index in [9.17, 15) is 4.79 Å². The van der Waals surface area contributed by atoms with Crippen molar-refractivity contribution in [3.63, 3.8) is 0 Å². The predicted molar refractivity (Wildman–Crippen MR) is 87.6 cm³/mol. The van der Waals surface area contributed by atoms with Crippen molar-refractivity contribution in [1.29, 1.82) is 0 Å². The van der Waals surface area contributed by atoms with E-state index in [1.54, 1.807) is 0 Å². The van der Waals surface area contributed by atoms with Gasteiger partial charge in [0.05, 0.1) is 12.2 Å². The molecule has 114 valence electrons. The molecule has 0 saturated carbocycles. The number of hydrogen-bond acceptors (Lipinski definition) is 2. The van der Waals surface area contributed by atoms with Crippen LogP contribution in [0.25, 0.3) is 0 Å². The molecule has 0 radical (unpaired) electrons. The number of nitrogens with zero attached hydrogens (tertiary/aromatic N) is 2. The Morgan fingerprint density at radius 1 is 1.32 bits per heavy atom. The first-order chi connectivity index (χ1) is 10.7. The number of benzene rings is 1. The van der Waals surface area contributed by atoms with Gasteiger partial charge < -0.3 is 5.32 Å². The second-order valence-electron chi connectivity index (χ2n) is 5.78. The minimum Gasteiger partial charge on any atom is -0.311 e. The molecule has 4 heteroatoms. The predicted octanol–water partition coefficient (Wildman–Crippen LogP) is 3.53. The number of anilines is 1. The van der Waals surface area contributed by atoms with Crippen LogP contribution in [0, 0.1) is 12.8 Å². The smallest absolute Gasteiger partial charge is 0.228 e. The molecule has 4 nitrogen and oxygen atoms in total. The van der Waals surface area contributed by atoms with E-state index in [4.69, 9.17) is 0 Å². The molecule has 0 fully saturated rings. The lowest BCUT2D eigenvalue weighted by Gasteiger charge is -2.17. The Labute approximate surface area is 130 Å². The average molecular weight is 295 g/mol. The number of carbonyl (C=O) groups excluding carboxylic acids is 1. The number of rotatable bonds is 4. The van der Waals surface area contributed by atoms with E-state index in [-0.39, 0.29) is 11.8 Å². The van der Waals surface area contributed by atoms with E-state index >= 15 is 0 Å². The van der Waals surface area contributed by atoms with E-state index < -0.39 is 0 Å². The number of nitrogens with one attached hydrogen (secondary N) is 1. The maximum atomic E-state index is 12.4. The quantitative estimate of drug-likeness (QED) is 0.877.